The lowest BCUT2D eigenvalue weighted by molar-refractivity contribution is 0.157. The van der Waals surface area contributed by atoms with Crippen molar-refractivity contribution in [2.24, 2.45) is 5.92 Å². The first-order valence-electron chi connectivity index (χ1n) is 13.4. The molecule has 1 aromatic carbocycles. The number of aromatic amines is 1. The number of nitrogens with zero attached hydrogens (tertiary/aromatic N) is 2. The number of carbonyl (C=O) groups is 1. The largest absolute Gasteiger partial charge is 0.493 e. The number of aromatic nitrogens is 1. The van der Waals surface area contributed by atoms with Gasteiger partial charge in [0.15, 0.2) is 0 Å². The Hall–Kier alpha value is -2.25. The minimum absolute atomic E-state index is 0.174. The Kier molecular flexibility index (Phi) is 7.91. The maximum atomic E-state index is 12.5. The van der Waals surface area contributed by atoms with Gasteiger partial charge in [-0.15, -0.1) is 0 Å². The van der Waals surface area contributed by atoms with Crippen molar-refractivity contribution in [1.82, 2.24) is 20.1 Å². The predicted molar refractivity (Wildman–Crippen MR) is 135 cm³/mol. The molecule has 186 valence electrons. The Bertz CT molecular complexity index is 925. The van der Waals surface area contributed by atoms with E-state index in [2.05, 4.69) is 20.1 Å². The number of hydrogen-bond acceptors (Lipinski definition) is 5. The van der Waals surface area contributed by atoms with Crippen LogP contribution in [0.4, 0.5) is 4.79 Å². The first kappa shape index (κ1) is 23.5. The normalized spacial score (nSPS) is 21.2. The summed E-state index contributed by atoms with van der Waals surface area (Å²) in [7, 11) is 0. The third-order valence-electron chi connectivity index (χ3n) is 7.84. The van der Waals surface area contributed by atoms with Gasteiger partial charge in [0.25, 0.3) is 0 Å². The van der Waals surface area contributed by atoms with Crippen molar-refractivity contribution in [1.29, 1.82) is 0 Å². The Morgan fingerprint density at radius 2 is 1.68 bits per heavy atom. The van der Waals surface area contributed by atoms with E-state index in [9.17, 15) is 4.79 Å². The molecule has 3 fully saturated rings. The van der Waals surface area contributed by atoms with Crippen LogP contribution in [-0.2, 0) is 0 Å². The summed E-state index contributed by atoms with van der Waals surface area (Å²) in [5.41, 5.74) is 0.923. The van der Waals surface area contributed by atoms with E-state index < -0.39 is 0 Å². The highest BCUT2D eigenvalue weighted by Gasteiger charge is 2.23. The SMILES string of the molecule is O=C(NC1CCN(CCN2CCCCCC2)CC1)Oc1cc2c(OCC3CCC3)cccc2[nH]1. The van der Waals surface area contributed by atoms with E-state index in [0.29, 0.717) is 11.8 Å². The number of rotatable bonds is 8. The van der Waals surface area contributed by atoms with Crippen LogP contribution >= 0.6 is 0 Å². The van der Waals surface area contributed by atoms with Crippen LogP contribution in [0.5, 0.6) is 11.6 Å². The van der Waals surface area contributed by atoms with Crippen LogP contribution in [0.2, 0.25) is 0 Å². The van der Waals surface area contributed by atoms with Crippen molar-refractivity contribution in [3.05, 3.63) is 24.3 Å². The van der Waals surface area contributed by atoms with E-state index in [4.69, 9.17) is 9.47 Å². The number of H-pyrrole nitrogens is 1. The molecule has 3 heterocycles. The fraction of sp³-hybridized carbons (Fsp3) is 0.667. The molecule has 0 unspecified atom stereocenters. The predicted octanol–water partition coefficient (Wildman–Crippen LogP) is 4.78. The molecule has 3 aliphatic rings. The number of fused-ring (bicyclic) bond motifs is 1. The van der Waals surface area contributed by atoms with Crippen molar-refractivity contribution >= 4 is 17.0 Å². The van der Waals surface area contributed by atoms with Crippen LogP contribution in [0, 0.1) is 5.92 Å². The zero-order valence-electron chi connectivity index (χ0n) is 20.4. The highest BCUT2D eigenvalue weighted by molar-refractivity contribution is 5.88. The van der Waals surface area contributed by atoms with Gasteiger partial charge < -0.3 is 29.6 Å². The van der Waals surface area contributed by atoms with Crippen LogP contribution < -0.4 is 14.8 Å². The molecule has 2 saturated heterocycles. The maximum absolute atomic E-state index is 12.5. The minimum Gasteiger partial charge on any atom is -0.493 e. The number of carbonyl (C=O) groups excluding carboxylic acids is 1. The first-order valence-corrected chi connectivity index (χ1v) is 13.4. The summed E-state index contributed by atoms with van der Waals surface area (Å²) >= 11 is 0. The van der Waals surface area contributed by atoms with E-state index in [-0.39, 0.29) is 12.1 Å². The molecule has 1 saturated carbocycles. The van der Waals surface area contributed by atoms with Crippen molar-refractivity contribution in [3.8, 4) is 11.6 Å². The first-order chi connectivity index (χ1) is 16.7. The van der Waals surface area contributed by atoms with Gasteiger partial charge in [-0.05, 0) is 69.7 Å². The van der Waals surface area contributed by atoms with E-state index >= 15 is 0 Å². The summed E-state index contributed by atoms with van der Waals surface area (Å²) in [6.45, 7) is 7.65. The smallest absolute Gasteiger partial charge is 0.414 e. The molecule has 1 aliphatic carbocycles. The molecule has 1 amide bonds. The van der Waals surface area contributed by atoms with Crippen LogP contribution in [0.1, 0.15) is 57.8 Å². The van der Waals surface area contributed by atoms with Gasteiger partial charge in [0.2, 0.25) is 5.88 Å². The average Bonchev–Trinajstić information content (AvgIpc) is 3.03. The molecule has 5 rings (SSSR count). The van der Waals surface area contributed by atoms with Gasteiger partial charge in [-0.2, -0.15) is 0 Å². The number of hydrogen-bond donors (Lipinski definition) is 2. The molecule has 0 atom stereocenters. The fourth-order valence-electron chi connectivity index (χ4n) is 5.39. The summed E-state index contributed by atoms with van der Waals surface area (Å²) in [6, 6.07) is 7.99. The van der Waals surface area contributed by atoms with Gasteiger partial charge in [0, 0.05) is 43.7 Å². The van der Waals surface area contributed by atoms with E-state index in [1.807, 2.05) is 24.3 Å². The maximum Gasteiger partial charge on any atom is 0.414 e. The molecular weight excluding hydrogens is 428 g/mol. The third kappa shape index (κ3) is 6.25. The van der Waals surface area contributed by atoms with Gasteiger partial charge in [-0.1, -0.05) is 25.3 Å². The fourth-order valence-corrected chi connectivity index (χ4v) is 5.39. The summed E-state index contributed by atoms with van der Waals surface area (Å²) in [4.78, 5) is 20.9. The van der Waals surface area contributed by atoms with Gasteiger partial charge in [0.05, 0.1) is 12.1 Å². The Labute approximate surface area is 203 Å². The van der Waals surface area contributed by atoms with Crippen LogP contribution in [0.3, 0.4) is 0 Å². The second-order valence-corrected chi connectivity index (χ2v) is 10.4. The van der Waals surface area contributed by atoms with Gasteiger partial charge >= 0.3 is 6.09 Å². The third-order valence-corrected chi connectivity index (χ3v) is 7.84. The number of likely N-dealkylation sites (tertiary alicyclic amines) is 2. The topological polar surface area (TPSA) is 69.8 Å². The average molecular weight is 469 g/mol. The van der Waals surface area contributed by atoms with Crippen molar-refractivity contribution in [2.75, 3.05) is 45.9 Å². The highest BCUT2D eigenvalue weighted by Crippen LogP contribution is 2.32. The second-order valence-electron chi connectivity index (χ2n) is 10.4. The molecular formula is C27H40N4O3. The molecule has 2 N–H and O–H groups in total. The van der Waals surface area contributed by atoms with Crippen LogP contribution in [-0.4, -0.2) is 72.8 Å². The molecule has 7 heteroatoms. The van der Waals surface area contributed by atoms with E-state index in [1.165, 1.54) is 64.6 Å². The standard InChI is InChI=1S/C27H40N4O3/c32-27(28-22-11-15-31(16-12-22)18-17-30-13-3-1-2-4-14-30)34-26-19-23-24(29-26)9-6-10-25(23)33-20-21-7-5-8-21/h6,9-10,19,21-22,29H,1-5,7-8,11-18,20H2,(H,28,32). The van der Waals surface area contributed by atoms with E-state index in [1.54, 1.807) is 0 Å². The molecule has 2 aromatic rings. The lowest BCUT2D eigenvalue weighted by Crippen LogP contribution is -2.47. The number of amides is 1. The summed E-state index contributed by atoms with van der Waals surface area (Å²) in [6.07, 6.45) is 10.9. The quantitative estimate of drug-likeness (QED) is 0.584. The molecule has 0 spiro atoms. The molecule has 0 bridgehead atoms. The lowest BCUT2D eigenvalue weighted by Gasteiger charge is -2.33. The minimum atomic E-state index is -0.383. The highest BCUT2D eigenvalue weighted by atomic mass is 16.6. The van der Waals surface area contributed by atoms with Crippen LogP contribution in [0.15, 0.2) is 24.3 Å². The second kappa shape index (κ2) is 11.5. The number of piperidine rings is 1. The van der Waals surface area contributed by atoms with Crippen molar-refractivity contribution in [3.63, 3.8) is 0 Å². The van der Waals surface area contributed by atoms with Crippen molar-refractivity contribution < 1.29 is 14.3 Å². The van der Waals surface area contributed by atoms with Gasteiger partial charge in [-0.3, -0.25) is 0 Å². The number of nitrogens with one attached hydrogen (secondary N) is 2. The summed E-state index contributed by atoms with van der Waals surface area (Å²) in [5.74, 6) is 1.99. The number of ether oxygens (including phenoxy) is 2. The van der Waals surface area contributed by atoms with Crippen molar-refractivity contribution in [2.45, 2.75) is 63.8 Å². The van der Waals surface area contributed by atoms with Crippen LogP contribution in [0.25, 0.3) is 10.9 Å². The van der Waals surface area contributed by atoms with Gasteiger partial charge in [0.1, 0.15) is 5.75 Å². The molecule has 1 aromatic heterocycles. The number of benzene rings is 1. The summed E-state index contributed by atoms with van der Waals surface area (Å²) < 4.78 is 11.7. The summed E-state index contributed by atoms with van der Waals surface area (Å²) in [5, 5.41) is 4.03. The Morgan fingerprint density at radius 3 is 2.38 bits per heavy atom. The molecule has 34 heavy (non-hydrogen) atoms. The monoisotopic (exact) mass is 468 g/mol. The van der Waals surface area contributed by atoms with E-state index in [0.717, 1.165) is 55.7 Å². The Balaban J connectivity index is 1.05. The molecule has 2 aliphatic heterocycles. The molecule has 7 nitrogen and oxygen atoms in total. The van der Waals surface area contributed by atoms with Gasteiger partial charge in [-0.25, -0.2) is 4.79 Å². The lowest BCUT2D eigenvalue weighted by atomic mass is 9.86. The zero-order valence-corrected chi connectivity index (χ0v) is 20.4. The molecule has 0 radical (unpaired) electrons. The Morgan fingerprint density at radius 1 is 0.941 bits per heavy atom. The zero-order chi connectivity index (χ0) is 23.2.